The van der Waals surface area contributed by atoms with E-state index in [1.807, 2.05) is 60.5 Å². The van der Waals surface area contributed by atoms with Gasteiger partial charge >= 0.3 is 0 Å². The molecule has 5 nitrogen and oxygen atoms in total. The minimum atomic E-state index is 0.0999. The van der Waals surface area contributed by atoms with Crippen LogP contribution in [0, 0.1) is 5.92 Å². The van der Waals surface area contributed by atoms with Gasteiger partial charge in [-0.15, -0.1) is 0 Å². The van der Waals surface area contributed by atoms with E-state index in [0.29, 0.717) is 5.92 Å². The van der Waals surface area contributed by atoms with E-state index in [1.54, 1.807) is 6.20 Å². The number of hydrogen-bond acceptors (Lipinski definition) is 4. The SMILES string of the molecule is CNCCC1CCN(C(=O)c2cc(-c3ccccn3)nc3ccccc23)CC1. The van der Waals surface area contributed by atoms with E-state index < -0.39 is 0 Å². The molecular weight excluding hydrogens is 348 g/mol. The molecule has 0 unspecified atom stereocenters. The number of hydrogen-bond donors (Lipinski definition) is 1. The van der Waals surface area contributed by atoms with Gasteiger partial charge in [-0.1, -0.05) is 24.3 Å². The van der Waals surface area contributed by atoms with Crippen LogP contribution >= 0.6 is 0 Å². The Bertz CT molecular complexity index is 949. The largest absolute Gasteiger partial charge is 0.339 e. The molecule has 1 fully saturated rings. The fourth-order valence-electron chi connectivity index (χ4n) is 3.94. The Morgan fingerprint density at radius 2 is 1.89 bits per heavy atom. The predicted molar refractivity (Wildman–Crippen MR) is 112 cm³/mol. The summed E-state index contributed by atoms with van der Waals surface area (Å²) in [4.78, 5) is 24.5. The lowest BCUT2D eigenvalue weighted by molar-refractivity contribution is 0.0689. The highest BCUT2D eigenvalue weighted by Crippen LogP contribution is 2.27. The number of piperidine rings is 1. The van der Waals surface area contributed by atoms with Crippen LogP contribution in [0.25, 0.3) is 22.3 Å². The second-order valence-electron chi connectivity index (χ2n) is 7.41. The van der Waals surface area contributed by atoms with Crippen molar-refractivity contribution in [2.24, 2.45) is 5.92 Å². The number of benzene rings is 1. The molecule has 0 spiro atoms. The Hall–Kier alpha value is -2.79. The van der Waals surface area contributed by atoms with Crippen LogP contribution in [0.4, 0.5) is 0 Å². The average Bonchev–Trinajstić information content (AvgIpc) is 2.77. The molecule has 1 saturated heterocycles. The molecule has 0 radical (unpaired) electrons. The van der Waals surface area contributed by atoms with Gasteiger partial charge in [0.2, 0.25) is 0 Å². The molecular formula is C23H26N4O. The lowest BCUT2D eigenvalue weighted by Gasteiger charge is -2.32. The summed E-state index contributed by atoms with van der Waals surface area (Å²) in [5.41, 5.74) is 3.08. The van der Waals surface area contributed by atoms with Gasteiger partial charge in [-0.3, -0.25) is 9.78 Å². The summed E-state index contributed by atoms with van der Waals surface area (Å²) in [7, 11) is 1.99. The number of nitrogens with zero attached hydrogens (tertiary/aromatic N) is 3. The first kappa shape index (κ1) is 18.6. The van der Waals surface area contributed by atoms with Crippen LogP contribution in [0.3, 0.4) is 0 Å². The van der Waals surface area contributed by atoms with Crippen molar-refractivity contribution < 1.29 is 4.79 Å². The summed E-state index contributed by atoms with van der Waals surface area (Å²) >= 11 is 0. The highest BCUT2D eigenvalue weighted by molar-refractivity contribution is 6.07. The number of likely N-dealkylation sites (tertiary alicyclic amines) is 1. The number of fused-ring (bicyclic) bond motifs is 1. The summed E-state index contributed by atoms with van der Waals surface area (Å²) < 4.78 is 0. The van der Waals surface area contributed by atoms with Crippen LogP contribution in [-0.4, -0.2) is 47.5 Å². The Morgan fingerprint density at radius 1 is 1.11 bits per heavy atom. The zero-order chi connectivity index (χ0) is 19.3. The highest BCUT2D eigenvalue weighted by Gasteiger charge is 2.25. The Kier molecular flexibility index (Phi) is 5.63. The average molecular weight is 374 g/mol. The van der Waals surface area contributed by atoms with Crippen LogP contribution in [0.1, 0.15) is 29.6 Å². The Morgan fingerprint density at radius 3 is 2.64 bits per heavy atom. The monoisotopic (exact) mass is 374 g/mol. The van der Waals surface area contributed by atoms with Gasteiger partial charge < -0.3 is 10.2 Å². The third-order valence-electron chi connectivity index (χ3n) is 5.58. The van der Waals surface area contributed by atoms with Crippen molar-refractivity contribution in [3.05, 3.63) is 60.3 Å². The maximum Gasteiger partial charge on any atom is 0.254 e. The normalized spacial score (nSPS) is 15.1. The van der Waals surface area contributed by atoms with E-state index in [0.717, 1.165) is 60.3 Å². The van der Waals surface area contributed by atoms with Gasteiger partial charge in [0.25, 0.3) is 5.91 Å². The van der Waals surface area contributed by atoms with Gasteiger partial charge in [0.1, 0.15) is 0 Å². The summed E-state index contributed by atoms with van der Waals surface area (Å²) in [6.45, 7) is 2.69. The van der Waals surface area contributed by atoms with Crippen molar-refractivity contribution in [2.45, 2.75) is 19.3 Å². The number of carbonyl (C=O) groups is 1. The molecule has 3 aromatic rings. The first-order valence-corrected chi connectivity index (χ1v) is 10.0. The zero-order valence-corrected chi connectivity index (χ0v) is 16.3. The minimum Gasteiger partial charge on any atom is -0.339 e. The van der Waals surface area contributed by atoms with Gasteiger partial charge in [-0.2, -0.15) is 0 Å². The molecule has 1 amide bonds. The smallest absolute Gasteiger partial charge is 0.254 e. The number of carbonyl (C=O) groups excluding carboxylic acids is 1. The summed E-state index contributed by atoms with van der Waals surface area (Å²) in [5.74, 6) is 0.803. The zero-order valence-electron chi connectivity index (χ0n) is 16.3. The van der Waals surface area contributed by atoms with E-state index in [4.69, 9.17) is 4.98 Å². The Balaban J connectivity index is 1.63. The predicted octanol–water partition coefficient (Wildman–Crippen LogP) is 3.76. The van der Waals surface area contributed by atoms with Crippen molar-refractivity contribution in [3.8, 4) is 11.4 Å². The van der Waals surface area contributed by atoms with Crippen LogP contribution in [-0.2, 0) is 0 Å². The molecule has 3 heterocycles. The van der Waals surface area contributed by atoms with Crippen LogP contribution in [0.15, 0.2) is 54.7 Å². The van der Waals surface area contributed by atoms with Crippen LogP contribution < -0.4 is 5.32 Å². The van der Waals surface area contributed by atoms with E-state index in [1.165, 1.54) is 6.42 Å². The molecule has 1 aliphatic heterocycles. The molecule has 1 N–H and O–H groups in total. The first-order chi connectivity index (χ1) is 13.8. The molecule has 0 saturated carbocycles. The van der Waals surface area contributed by atoms with Crippen molar-refractivity contribution in [1.82, 2.24) is 20.2 Å². The van der Waals surface area contributed by atoms with Crippen molar-refractivity contribution >= 4 is 16.8 Å². The fourth-order valence-corrected chi connectivity index (χ4v) is 3.94. The van der Waals surface area contributed by atoms with E-state index in [-0.39, 0.29) is 5.91 Å². The van der Waals surface area contributed by atoms with E-state index in [2.05, 4.69) is 10.3 Å². The number of para-hydroxylation sites is 1. The molecule has 144 valence electrons. The third kappa shape index (κ3) is 3.90. The van der Waals surface area contributed by atoms with E-state index >= 15 is 0 Å². The van der Waals surface area contributed by atoms with Crippen molar-refractivity contribution in [3.63, 3.8) is 0 Å². The number of amides is 1. The standard InChI is InChI=1S/C23H26N4O/c1-24-13-9-17-10-14-27(15-11-17)23(28)19-16-22(21-8-4-5-12-25-21)26-20-7-3-2-6-18(19)20/h2-8,12,16-17,24H,9-11,13-15H2,1H3. The van der Waals surface area contributed by atoms with E-state index in [9.17, 15) is 4.79 Å². The molecule has 1 aliphatic rings. The number of nitrogens with one attached hydrogen (secondary N) is 1. The molecule has 0 bridgehead atoms. The quantitative estimate of drug-likeness (QED) is 0.739. The molecule has 0 aliphatic carbocycles. The van der Waals surface area contributed by atoms with Crippen molar-refractivity contribution in [2.75, 3.05) is 26.7 Å². The maximum absolute atomic E-state index is 13.4. The third-order valence-corrected chi connectivity index (χ3v) is 5.58. The van der Waals surface area contributed by atoms with Gasteiger partial charge in [0.05, 0.1) is 22.5 Å². The fraction of sp³-hybridized carbons (Fsp3) is 0.348. The topological polar surface area (TPSA) is 58.1 Å². The van der Waals surface area contributed by atoms with Crippen molar-refractivity contribution in [1.29, 1.82) is 0 Å². The summed E-state index contributed by atoms with van der Waals surface area (Å²) in [5, 5.41) is 4.13. The summed E-state index contributed by atoms with van der Waals surface area (Å²) in [6.07, 6.45) is 5.08. The van der Waals surface area contributed by atoms with Gasteiger partial charge in [0, 0.05) is 24.7 Å². The number of aromatic nitrogens is 2. The molecule has 4 rings (SSSR count). The molecule has 0 atom stereocenters. The number of rotatable bonds is 5. The van der Waals surface area contributed by atoms with Gasteiger partial charge in [-0.25, -0.2) is 4.98 Å². The number of pyridine rings is 2. The molecule has 28 heavy (non-hydrogen) atoms. The second kappa shape index (κ2) is 8.48. The highest BCUT2D eigenvalue weighted by atomic mass is 16.2. The molecule has 1 aromatic carbocycles. The first-order valence-electron chi connectivity index (χ1n) is 10.0. The maximum atomic E-state index is 13.4. The molecule has 5 heteroatoms. The van der Waals surface area contributed by atoms with Gasteiger partial charge in [-0.05, 0) is 63.0 Å². The minimum absolute atomic E-state index is 0.0999. The van der Waals surface area contributed by atoms with Crippen LogP contribution in [0.2, 0.25) is 0 Å². The lowest BCUT2D eigenvalue weighted by atomic mass is 9.93. The lowest BCUT2D eigenvalue weighted by Crippen LogP contribution is -2.39. The summed E-state index contributed by atoms with van der Waals surface area (Å²) in [6, 6.07) is 15.5. The Labute approximate surface area is 165 Å². The second-order valence-corrected chi connectivity index (χ2v) is 7.41. The van der Waals surface area contributed by atoms with Crippen LogP contribution in [0.5, 0.6) is 0 Å². The molecule has 2 aromatic heterocycles. The van der Waals surface area contributed by atoms with Gasteiger partial charge in [0.15, 0.2) is 0 Å².